The van der Waals surface area contributed by atoms with Crippen molar-refractivity contribution < 1.29 is 29.0 Å². The fraction of sp³-hybridized carbons (Fsp3) is 0.630. The summed E-state index contributed by atoms with van der Waals surface area (Å²) in [6, 6.07) is 6.82. The highest BCUT2D eigenvalue weighted by Gasteiger charge is 2.37. The Hall–Kier alpha value is -2.59. The normalized spacial score (nSPS) is 17.7. The van der Waals surface area contributed by atoms with Crippen molar-refractivity contribution >= 4 is 41.6 Å². The van der Waals surface area contributed by atoms with E-state index < -0.39 is 28.7 Å². The van der Waals surface area contributed by atoms with Gasteiger partial charge in [-0.05, 0) is 36.8 Å². The lowest BCUT2D eigenvalue weighted by Crippen LogP contribution is -2.47. The van der Waals surface area contributed by atoms with Gasteiger partial charge in [0.2, 0.25) is 18.2 Å². The number of hydrogen-bond donors (Lipinski definition) is 3. The number of esters is 1. The predicted octanol–water partition coefficient (Wildman–Crippen LogP) is 2.89. The summed E-state index contributed by atoms with van der Waals surface area (Å²) in [4.78, 5) is 51.9. The molecule has 0 saturated carbocycles. The largest absolute Gasteiger partial charge is 0.468 e. The number of unbranched alkanes of at least 4 members (excludes halogenated alkanes) is 1. The Labute approximate surface area is 224 Å². The molecule has 9 nitrogen and oxygen atoms in total. The molecule has 0 aliphatic carbocycles. The lowest BCUT2D eigenvalue weighted by atomic mass is 9.79. The molecule has 1 aromatic carbocycles. The Morgan fingerprint density at radius 3 is 2.65 bits per heavy atom. The van der Waals surface area contributed by atoms with Crippen LogP contribution in [0.2, 0.25) is 0 Å². The molecule has 0 bridgehead atoms. The Bertz CT molecular complexity index is 940. The number of carbonyl (C=O) groups excluding carboxylic acids is 4. The Kier molecular flexibility index (Phi) is 11.9. The van der Waals surface area contributed by atoms with Crippen LogP contribution >= 0.6 is 11.8 Å². The third-order valence-corrected chi connectivity index (χ3v) is 7.79. The van der Waals surface area contributed by atoms with E-state index in [0.29, 0.717) is 19.4 Å². The quantitative estimate of drug-likeness (QED) is 0.190. The van der Waals surface area contributed by atoms with Crippen molar-refractivity contribution in [2.45, 2.75) is 82.1 Å². The van der Waals surface area contributed by atoms with Gasteiger partial charge < -0.3 is 25.4 Å². The number of para-hydroxylation sites is 1. The topological polar surface area (TPSA) is 125 Å². The van der Waals surface area contributed by atoms with Gasteiger partial charge >= 0.3 is 5.97 Å². The zero-order chi connectivity index (χ0) is 27.6. The van der Waals surface area contributed by atoms with E-state index in [1.807, 2.05) is 45.0 Å². The molecule has 1 aromatic rings. The number of hydrogen-bond acceptors (Lipinski definition) is 7. The highest BCUT2D eigenvalue weighted by Crippen LogP contribution is 2.40. The summed E-state index contributed by atoms with van der Waals surface area (Å²) in [7, 11) is 1.33. The zero-order valence-corrected chi connectivity index (χ0v) is 23.3. The van der Waals surface area contributed by atoms with Crippen LogP contribution in [0, 0.1) is 11.3 Å². The van der Waals surface area contributed by atoms with Gasteiger partial charge in [0.05, 0.1) is 24.9 Å². The van der Waals surface area contributed by atoms with Gasteiger partial charge in [-0.3, -0.25) is 19.2 Å². The smallest absolute Gasteiger partial charge is 0.321 e. The predicted molar refractivity (Wildman–Crippen MR) is 144 cm³/mol. The molecule has 1 unspecified atom stereocenters. The molecule has 0 saturated heterocycles. The second kappa shape index (κ2) is 14.4. The van der Waals surface area contributed by atoms with E-state index in [-0.39, 0.29) is 37.2 Å². The number of ether oxygens (including phenoxy) is 1. The number of rotatable bonds is 14. The standard InChI is InChI=1S/C27H41N3O6S/c1-6-7-12-28-25(34)18(2)13-21(32)19(29-17-31)14-27(3,4)15-24(33)30-16-23(26(35)36-5)37-22-11-9-8-10-20(22)30/h8-11,17-19,21,23,32H,6-7,12-16H2,1-5H3,(H,28,34)(H,29,31)/t18-,19+,21+,23?/m1/s1. The summed E-state index contributed by atoms with van der Waals surface area (Å²) in [5.74, 6) is -1.10. The molecule has 1 aliphatic heterocycles. The average molecular weight is 536 g/mol. The molecule has 3 amide bonds. The van der Waals surface area contributed by atoms with E-state index in [0.717, 1.165) is 23.4 Å². The van der Waals surface area contributed by atoms with E-state index in [1.54, 1.807) is 11.8 Å². The van der Waals surface area contributed by atoms with Gasteiger partial charge in [0, 0.05) is 30.3 Å². The van der Waals surface area contributed by atoms with Crippen LogP contribution < -0.4 is 15.5 Å². The Balaban J connectivity index is 2.08. The van der Waals surface area contributed by atoms with Crippen LogP contribution in [0.15, 0.2) is 29.2 Å². The third kappa shape index (κ3) is 9.03. The van der Waals surface area contributed by atoms with Crippen molar-refractivity contribution in [1.82, 2.24) is 10.6 Å². The van der Waals surface area contributed by atoms with Gasteiger partial charge in [0.25, 0.3) is 0 Å². The number of aliphatic hydroxyl groups is 1. The van der Waals surface area contributed by atoms with E-state index in [9.17, 15) is 24.3 Å². The van der Waals surface area contributed by atoms with Crippen molar-refractivity contribution in [3.8, 4) is 0 Å². The maximum Gasteiger partial charge on any atom is 0.321 e. The monoisotopic (exact) mass is 535 g/mol. The van der Waals surface area contributed by atoms with Crippen molar-refractivity contribution in [3.63, 3.8) is 0 Å². The first-order chi connectivity index (χ1) is 17.5. The van der Waals surface area contributed by atoms with Crippen molar-refractivity contribution in [2.24, 2.45) is 11.3 Å². The number of anilines is 1. The van der Waals surface area contributed by atoms with Gasteiger partial charge in [-0.15, -0.1) is 11.8 Å². The molecular formula is C27H41N3O6S. The van der Waals surface area contributed by atoms with Crippen LogP contribution in [0.4, 0.5) is 5.69 Å². The van der Waals surface area contributed by atoms with Crippen molar-refractivity contribution in [2.75, 3.05) is 25.1 Å². The first kappa shape index (κ1) is 30.6. The van der Waals surface area contributed by atoms with Crippen LogP contribution in [-0.2, 0) is 23.9 Å². The molecule has 0 radical (unpaired) electrons. The molecule has 1 aliphatic rings. The van der Waals surface area contributed by atoms with E-state index in [2.05, 4.69) is 10.6 Å². The maximum atomic E-state index is 13.5. The molecule has 2 rings (SSSR count). The van der Waals surface area contributed by atoms with Crippen molar-refractivity contribution in [1.29, 1.82) is 0 Å². The Morgan fingerprint density at radius 1 is 1.30 bits per heavy atom. The van der Waals surface area contributed by atoms with Crippen LogP contribution in [0.3, 0.4) is 0 Å². The van der Waals surface area contributed by atoms with Gasteiger partial charge in [-0.25, -0.2) is 0 Å². The number of amides is 3. The zero-order valence-electron chi connectivity index (χ0n) is 22.5. The number of carbonyl (C=O) groups is 4. The molecule has 206 valence electrons. The minimum Gasteiger partial charge on any atom is -0.468 e. The van der Waals surface area contributed by atoms with E-state index in [4.69, 9.17) is 4.74 Å². The number of thioether (sulfide) groups is 1. The minimum absolute atomic E-state index is 0.131. The summed E-state index contributed by atoms with van der Waals surface area (Å²) in [5, 5.41) is 15.9. The number of nitrogens with one attached hydrogen (secondary N) is 2. The number of methoxy groups -OCH3 is 1. The number of benzene rings is 1. The van der Waals surface area contributed by atoms with Crippen LogP contribution in [0.1, 0.15) is 59.8 Å². The van der Waals surface area contributed by atoms with Crippen LogP contribution in [-0.4, -0.2) is 66.9 Å². The highest BCUT2D eigenvalue weighted by molar-refractivity contribution is 8.00. The number of nitrogens with zero attached hydrogens (tertiary/aromatic N) is 1. The number of aliphatic hydroxyl groups excluding tert-OH is 1. The molecule has 3 N–H and O–H groups in total. The van der Waals surface area contributed by atoms with Gasteiger partial charge in [-0.2, -0.15) is 0 Å². The molecule has 0 spiro atoms. The summed E-state index contributed by atoms with van der Waals surface area (Å²) >= 11 is 1.38. The van der Waals surface area contributed by atoms with E-state index in [1.165, 1.54) is 18.9 Å². The molecule has 0 fully saturated rings. The fourth-order valence-corrected chi connectivity index (χ4v) is 5.67. The minimum atomic E-state index is -0.956. The van der Waals surface area contributed by atoms with Gasteiger partial charge in [0.1, 0.15) is 5.25 Å². The summed E-state index contributed by atoms with van der Waals surface area (Å²) in [6.45, 7) is 8.39. The molecule has 4 atom stereocenters. The molecule has 0 aromatic heterocycles. The molecule has 37 heavy (non-hydrogen) atoms. The number of fused-ring (bicyclic) bond motifs is 1. The molecule has 1 heterocycles. The lowest BCUT2D eigenvalue weighted by Gasteiger charge is -2.37. The molecular weight excluding hydrogens is 494 g/mol. The second-order valence-electron chi connectivity index (χ2n) is 10.4. The fourth-order valence-electron chi connectivity index (χ4n) is 4.49. The SMILES string of the molecule is CCCCNC(=O)[C@H](C)C[C@H](O)[C@H](CC(C)(C)CC(=O)N1CC(C(=O)OC)Sc2ccccc21)NC=O. The average Bonchev–Trinajstić information content (AvgIpc) is 2.86. The van der Waals surface area contributed by atoms with Gasteiger partial charge in [0.15, 0.2) is 0 Å². The van der Waals surface area contributed by atoms with Crippen LogP contribution in [0.5, 0.6) is 0 Å². The van der Waals surface area contributed by atoms with Gasteiger partial charge in [-0.1, -0.05) is 46.2 Å². The van der Waals surface area contributed by atoms with Crippen LogP contribution in [0.25, 0.3) is 0 Å². The lowest BCUT2D eigenvalue weighted by molar-refractivity contribution is -0.139. The van der Waals surface area contributed by atoms with Crippen molar-refractivity contribution in [3.05, 3.63) is 24.3 Å². The second-order valence-corrected chi connectivity index (χ2v) is 11.6. The summed E-state index contributed by atoms with van der Waals surface area (Å²) in [6.07, 6.45) is 2.09. The molecule has 10 heteroatoms. The first-order valence-electron chi connectivity index (χ1n) is 12.8. The third-order valence-electron chi connectivity index (χ3n) is 6.56. The highest BCUT2D eigenvalue weighted by atomic mass is 32.2. The summed E-state index contributed by atoms with van der Waals surface area (Å²) in [5.41, 5.74) is 0.157. The Morgan fingerprint density at radius 2 is 2.00 bits per heavy atom. The van der Waals surface area contributed by atoms with E-state index >= 15 is 0 Å². The summed E-state index contributed by atoms with van der Waals surface area (Å²) < 4.78 is 4.92. The first-order valence-corrected chi connectivity index (χ1v) is 13.7. The maximum absolute atomic E-state index is 13.5.